The number of hydrogen-bond donors (Lipinski definition) is 1. The average molecular weight is 278 g/mol. The van der Waals surface area contributed by atoms with Crippen LogP contribution in [0.3, 0.4) is 0 Å². The molecule has 0 aromatic carbocycles. The molecule has 1 fully saturated rings. The Labute approximate surface area is 121 Å². The Balaban J connectivity index is 1.79. The highest BCUT2D eigenvalue weighted by Crippen LogP contribution is 2.24. The fourth-order valence-corrected chi connectivity index (χ4v) is 3.08. The highest BCUT2D eigenvalue weighted by Gasteiger charge is 2.22. The van der Waals surface area contributed by atoms with Crippen LogP contribution in [0.25, 0.3) is 0 Å². The molecule has 1 aliphatic rings. The van der Waals surface area contributed by atoms with Gasteiger partial charge in [-0.3, -0.25) is 0 Å². The number of carboxylic acid groups (broad SMARTS) is 1. The molecule has 4 nitrogen and oxygen atoms in total. The van der Waals surface area contributed by atoms with Gasteiger partial charge < -0.3 is 14.6 Å². The number of nitrogens with zero attached hydrogens (tertiary/aromatic N) is 2. The molecule has 0 bridgehead atoms. The zero-order chi connectivity index (χ0) is 14.4. The van der Waals surface area contributed by atoms with Gasteiger partial charge in [-0.1, -0.05) is 26.2 Å². The number of carbonyl (C=O) groups is 1. The first-order chi connectivity index (χ1) is 9.72. The molecule has 0 atom stereocenters. The molecule has 1 aromatic rings. The number of aromatic carboxylic acids is 1. The SMILES string of the molecule is CCCCCCN1CCC(n2cccc2C(=O)O)CC1. The number of rotatable bonds is 7. The summed E-state index contributed by atoms with van der Waals surface area (Å²) in [5.41, 5.74) is 0.423. The largest absolute Gasteiger partial charge is 0.477 e. The number of carboxylic acids is 1. The Morgan fingerprint density at radius 2 is 2.05 bits per heavy atom. The van der Waals surface area contributed by atoms with Crippen LogP contribution >= 0.6 is 0 Å². The van der Waals surface area contributed by atoms with Crippen LogP contribution in [-0.2, 0) is 0 Å². The molecule has 0 amide bonds. The highest BCUT2D eigenvalue weighted by molar-refractivity contribution is 5.85. The van der Waals surface area contributed by atoms with E-state index in [-0.39, 0.29) is 0 Å². The maximum absolute atomic E-state index is 11.2. The van der Waals surface area contributed by atoms with Crippen molar-refractivity contribution in [1.82, 2.24) is 9.47 Å². The van der Waals surface area contributed by atoms with Gasteiger partial charge >= 0.3 is 5.97 Å². The normalized spacial score (nSPS) is 17.4. The lowest BCUT2D eigenvalue weighted by Gasteiger charge is -2.33. The first-order valence-electron chi connectivity index (χ1n) is 7.85. The molecule has 1 saturated heterocycles. The minimum absolute atomic E-state index is 0.350. The minimum atomic E-state index is -0.822. The zero-order valence-corrected chi connectivity index (χ0v) is 12.4. The molecule has 1 N–H and O–H groups in total. The molecule has 0 saturated carbocycles. The lowest BCUT2D eigenvalue weighted by molar-refractivity contribution is 0.0678. The molecular formula is C16H26N2O2. The summed E-state index contributed by atoms with van der Waals surface area (Å²) in [6.45, 7) is 5.62. The van der Waals surface area contributed by atoms with Crippen LogP contribution in [-0.4, -0.2) is 40.2 Å². The van der Waals surface area contributed by atoms with Gasteiger partial charge in [0.2, 0.25) is 0 Å². The monoisotopic (exact) mass is 278 g/mol. The van der Waals surface area contributed by atoms with E-state index in [1.54, 1.807) is 6.07 Å². The second kappa shape index (κ2) is 7.48. The van der Waals surface area contributed by atoms with Crippen molar-refractivity contribution in [3.05, 3.63) is 24.0 Å². The Kier molecular flexibility index (Phi) is 5.65. The number of piperidine rings is 1. The number of hydrogen-bond acceptors (Lipinski definition) is 2. The van der Waals surface area contributed by atoms with E-state index in [0.29, 0.717) is 11.7 Å². The molecule has 0 unspecified atom stereocenters. The molecule has 0 spiro atoms. The Morgan fingerprint density at radius 1 is 1.30 bits per heavy atom. The van der Waals surface area contributed by atoms with Crippen molar-refractivity contribution in [2.75, 3.05) is 19.6 Å². The van der Waals surface area contributed by atoms with Crippen LogP contribution in [0, 0.1) is 0 Å². The van der Waals surface area contributed by atoms with E-state index in [2.05, 4.69) is 11.8 Å². The second-order valence-corrected chi connectivity index (χ2v) is 5.74. The Bertz CT molecular complexity index is 420. The summed E-state index contributed by atoms with van der Waals surface area (Å²) in [7, 11) is 0. The van der Waals surface area contributed by atoms with E-state index < -0.39 is 5.97 Å². The van der Waals surface area contributed by atoms with E-state index in [0.717, 1.165) is 25.9 Å². The second-order valence-electron chi connectivity index (χ2n) is 5.74. The van der Waals surface area contributed by atoms with Crippen LogP contribution in [0.4, 0.5) is 0 Å². The number of aromatic nitrogens is 1. The quantitative estimate of drug-likeness (QED) is 0.777. The van der Waals surface area contributed by atoms with Crippen molar-refractivity contribution in [2.24, 2.45) is 0 Å². The maximum atomic E-state index is 11.2. The van der Waals surface area contributed by atoms with Crippen molar-refractivity contribution in [3.8, 4) is 0 Å². The Morgan fingerprint density at radius 3 is 2.70 bits per heavy atom. The van der Waals surface area contributed by atoms with Crippen LogP contribution in [0.5, 0.6) is 0 Å². The van der Waals surface area contributed by atoms with Gasteiger partial charge in [0.05, 0.1) is 0 Å². The van der Waals surface area contributed by atoms with E-state index >= 15 is 0 Å². The van der Waals surface area contributed by atoms with E-state index in [1.807, 2.05) is 16.8 Å². The fraction of sp³-hybridized carbons (Fsp3) is 0.688. The maximum Gasteiger partial charge on any atom is 0.352 e. The van der Waals surface area contributed by atoms with Crippen molar-refractivity contribution >= 4 is 5.97 Å². The predicted molar refractivity (Wildman–Crippen MR) is 80.2 cm³/mol. The molecule has 1 aliphatic heterocycles. The van der Waals surface area contributed by atoms with Crippen LogP contribution in [0.2, 0.25) is 0 Å². The van der Waals surface area contributed by atoms with Crippen molar-refractivity contribution in [1.29, 1.82) is 0 Å². The smallest absolute Gasteiger partial charge is 0.352 e. The summed E-state index contributed by atoms with van der Waals surface area (Å²) in [5, 5.41) is 9.17. The van der Waals surface area contributed by atoms with Gasteiger partial charge in [0, 0.05) is 25.3 Å². The van der Waals surface area contributed by atoms with Gasteiger partial charge in [-0.2, -0.15) is 0 Å². The van der Waals surface area contributed by atoms with Gasteiger partial charge in [0.15, 0.2) is 0 Å². The molecule has 0 aliphatic carbocycles. The standard InChI is InChI=1S/C16H26N2O2/c1-2-3-4-5-10-17-12-8-14(9-13-17)18-11-6-7-15(18)16(19)20/h6-7,11,14H,2-5,8-10,12-13H2,1H3,(H,19,20). The van der Waals surface area contributed by atoms with Crippen molar-refractivity contribution in [3.63, 3.8) is 0 Å². The van der Waals surface area contributed by atoms with Gasteiger partial charge in [-0.05, 0) is 37.9 Å². The van der Waals surface area contributed by atoms with Crippen LogP contribution in [0.1, 0.15) is 62.0 Å². The summed E-state index contributed by atoms with van der Waals surface area (Å²) in [6.07, 6.45) is 9.27. The van der Waals surface area contributed by atoms with Gasteiger partial charge in [0.25, 0.3) is 0 Å². The summed E-state index contributed by atoms with van der Waals surface area (Å²) in [5.74, 6) is -0.822. The zero-order valence-electron chi connectivity index (χ0n) is 12.4. The molecule has 2 heterocycles. The molecule has 0 radical (unpaired) electrons. The number of likely N-dealkylation sites (tertiary alicyclic amines) is 1. The van der Waals surface area contributed by atoms with Crippen LogP contribution in [0.15, 0.2) is 18.3 Å². The lowest BCUT2D eigenvalue weighted by Crippen LogP contribution is -2.35. The summed E-state index contributed by atoms with van der Waals surface area (Å²) in [4.78, 5) is 13.7. The molecule has 112 valence electrons. The summed E-state index contributed by atoms with van der Waals surface area (Å²) < 4.78 is 1.94. The van der Waals surface area contributed by atoms with Gasteiger partial charge in [0.1, 0.15) is 5.69 Å². The lowest BCUT2D eigenvalue weighted by atomic mass is 10.0. The van der Waals surface area contributed by atoms with Crippen molar-refractivity contribution < 1.29 is 9.90 Å². The van der Waals surface area contributed by atoms with E-state index in [4.69, 9.17) is 0 Å². The van der Waals surface area contributed by atoms with Gasteiger partial charge in [-0.25, -0.2) is 4.79 Å². The third-order valence-electron chi connectivity index (χ3n) is 4.28. The minimum Gasteiger partial charge on any atom is -0.477 e. The first-order valence-corrected chi connectivity index (χ1v) is 7.85. The third-order valence-corrected chi connectivity index (χ3v) is 4.28. The summed E-state index contributed by atoms with van der Waals surface area (Å²) >= 11 is 0. The first kappa shape index (κ1) is 15.1. The fourth-order valence-electron chi connectivity index (χ4n) is 3.08. The molecule has 20 heavy (non-hydrogen) atoms. The third kappa shape index (κ3) is 3.85. The molecule has 1 aromatic heterocycles. The number of unbranched alkanes of at least 4 members (excludes halogenated alkanes) is 3. The van der Waals surface area contributed by atoms with Crippen molar-refractivity contribution in [2.45, 2.75) is 51.5 Å². The molecule has 4 heteroatoms. The molecule has 2 rings (SSSR count). The van der Waals surface area contributed by atoms with E-state index in [1.165, 1.54) is 32.2 Å². The van der Waals surface area contributed by atoms with Crippen LogP contribution < -0.4 is 0 Å². The predicted octanol–water partition coefficient (Wildman–Crippen LogP) is 3.40. The summed E-state index contributed by atoms with van der Waals surface area (Å²) in [6, 6.07) is 3.88. The van der Waals surface area contributed by atoms with Gasteiger partial charge in [-0.15, -0.1) is 0 Å². The average Bonchev–Trinajstić information content (AvgIpc) is 2.94. The highest BCUT2D eigenvalue weighted by atomic mass is 16.4. The van der Waals surface area contributed by atoms with E-state index in [9.17, 15) is 9.90 Å². The molecular weight excluding hydrogens is 252 g/mol. The topological polar surface area (TPSA) is 45.5 Å². The Hall–Kier alpha value is -1.29.